The summed E-state index contributed by atoms with van der Waals surface area (Å²) in [6, 6.07) is 6.46. The molecule has 1 N–H and O–H groups in total. The lowest BCUT2D eigenvalue weighted by molar-refractivity contribution is -0.117. The third kappa shape index (κ3) is 2.60. The van der Waals surface area contributed by atoms with Gasteiger partial charge in [-0.3, -0.25) is 9.69 Å². The summed E-state index contributed by atoms with van der Waals surface area (Å²) in [5.74, 6) is -0.0111. The highest BCUT2D eigenvalue weighted by Crippen LogP contribution is 2.37. The summed E-state index contributed by atoms with van der Waals surface area (Å²) >= 11 is 12.0. The van der Waals surface area contributed by atoms with Gasteiger partial charge in [0.1, 0.15) is 0 Å². The number of carbonyl (C=O) groups excluding carboxylic acids is 1. The van der Waals surface area contributed by atoms with Gasteiger partial charge in [0.05, 0.1) is 22.3 Å². The molecule has 19 heavy (non-hydrogen) atoms. The zero-order chi connectivity index (χ0) is 13.4. The molecule has 0 unspecified atom stereocenters. The van der Waals surface area contributed by atoms with Crippen LogP contribution in [0.5, 0.6) is 0 Å². The largest absolute Gasteiger partial charge is 0.324 e. The van der Waals surface area contributed by atoms with Crippen molar-refractivity contribution in [3.8, 4) is 0 Å². The van der Waals surface area contributed by atoms with Crippen molar-refractivity contribution in [3.05, 3.63) is 28.2 Å². The number of hydrogen-bond donors (Lipinski definition) is 1. The first kappa shape index (κ1) is 13.2. The average molecular weight is 299 g/mol. The van der Waals surface area contributed by atoms with Crippen molar-refractivity contribution in [3.63, 3.8) is 0 Å². The number of nitrogens with zero attached hydrogens (tertiary/aromatic N) is 1. The van der Waals surface area contributed by atoms with Crippen LogP contribution >= 0.6 is 23.2 Å². The fourth-order valence-corrected chi connectivity index (χ4v) is 3.58. The van der Waals surface area contributed by atoms with Gasteiger partial charge in [-0.2, -0.15) is 0 Å². The normalized spacial score (nSPS) is 25.8. The zero-order valence-electron chi connectivity index (χ0n) is 10.5. The Morgan fingerprint density at radius 3 is 2.47 bits per heavy atom. The van der Waals surface area contributed by atoms with E-state index >= 15 is 0 Å². The lowest BCUT2D eigenvalue weighted by Crippen LogP contribution is -2.36. The molecule has 0 saturated carbocycles. The van der Waals surface area contributed by atoms with Crippen molar-refractivity contribution in [1.82, 2.24) is 4.90 Å². The molecule has 2 heterocycles. The summed E-state index contributed by atoms with van der Waals surface area (Å²) in [6.07, 6.45) is 4.93. The highest BCUT2D eigenvalue weighted by atomic mass is 35.5. The Morgan fingerprint density at radius 1 is 1.21 bits per heavy atom. The van der Waals surface area contributed by atoms with Crippen LogP contribution in [-0.2, 0) is 4.79 Å². The Morgan fingerprint density at radius 2 is 1.84 bits per heavy atom. The molecule has 2 aliphatic rings. The molecule has 3 rings (SSSR count). The summed E-state index contributed by atoms with van der Waals surface area (Å²) in [5.41, 5.74) is 0.589. The van der Waals surface area contributed by atoms with E-state index in [0.29, 0.717) is 34.4 Å². The number of anilines is 1. The molecule has 0 radical (unpaired) electrons. The Bertz CT molecular complexity index is 486. The molecule has 0 atom stereocenters. The molecule has 0 aliphatic carbocycles. The Balaban J connectivity index is 1.64. The van der Waals surface area contributed by atoms with Crippen LogP contribution in [0.3, 0.4) is 0 Å². The van der Waals surface area contributed by atoms with Gasteiger partial charge in [0.2, 0.25) is 5.91 Å². The second-order valence-corrected chi connectivity index (χ2v) is 6.07. The molecule has 2 aliphatic heterocycles. The van der Waals surface area contributed by atoms with E-state index in [2.05, 4.69) is 10.2 Å². The smallest absolute Gasteiger partial charge is 0.238 e. The van der Waals surface area contributed by atoms with E-state index < -0.39 is 0 Å². The first-order valence-electron chi connectivity index (χ1n) is 6.65. The monoisotopic (exact) mass is 298 g/mol. The number of benzene rings is 1. The molecule has 1 aromatic rings. The first-order chi connectivity index (χ1) is 9.15. The average Bonchev–Trinajstić information content (AvgIpc) is 2.95. The minimum Gasteiger partial charge on any atom is -0.324 e. The van der Waals surface area contributed by atoms with Gasteiger partial charge >= 0.3 is 0 Å². The summed E-state index contributed by atoms with van der Waals surface area (Å²) < 4.78 is 0. The molecule has 1 amide bonds. The summed E-state index contributed by atoms with van der Waals surface area (Å²) in [7, 11) is 0. The van der Waals surface area contributed by atoms with Crippen molar-refractivity contribution in [2.24, 2.45) is 0 Å². The molecule has 3 nitrogen and oxygen atoms in total. The standard InChI is InChI=1S/C14H16Cl2N2O/c15-11-2-1-3-12(14(11)16)17-13(19)8-18-9-4-5-10(18)7-6-9/h1-3,9-10H,4-8H2,(H,17,19). The van der Waals surface area contributed by atoms with Gasteiger partial charge in [-0.05, 0) is 37.8 Å². The van der Waals surface area contributed by atoms with Crippen molar-refractivity contribution in [2.75, 3.05) is 11.9 Å². The molecule has 1 aromatic carbocycles. The van der Waals surface area contributed by atoms with E-state index in [1.165, 1.54) is 25.7 Å². The third-order valence-electron chi connectivity index (χ3n) is 4.16. The van der Waals surface area contributed by atoms with Crippen molar-refractivity contribution >= 4 is 34.8 Å². The van der Waals surface area contributed by atoms with Gasteiger partial charge in [0.15, 0.2) is 0 Å². The number of hydrogen-bond acceptors (Lipinski definition) is 2. The molecule has 0 spiro atoms. The summed E-state index contributed by atoms with van der Waals surface area (Å²) in [6.45, 7) is 0.457. The van der Waals surface area contributed by atoms with Gasteiger partial charge in [0.25, 0.3) is 0 Å². The van der Waals surface area contributed by atoms with Gasteiger partial charge in [-0.15, -0.1) is 0 Å². The van der Waals surface area contributed by atoms with E-state index in [1.807, 2.05) is 0 Å². The van der Waals surface area contributed by atoms with Crippen molar-refractivity contribution in [1.29, 1.82) is 0 Å². The maximum atomic E-state index is 12.1. The maximum Gasteiger partial charge on any atom is 0.238 e. The Hall–Kier alpha value is -0.770. The fourth-order valence-electron chi connectivity index (χ4n) is 3.23. The second kappa shape index (κ2) is 5.31. The number of fused-ring (bicyclic) bond motifs is 2. The van der Waals surface area contributed by atoms with E-state index in [0.717, 1.165) is 0 Å². The van der Waals surface area contributed by atoms with Crippen molar-refractivity contribution in [2.45, 2.75) is 37.8 Å². The van der Waals surface area contributed by atoms with E-state index in [9.17, 15) is 4.79 Å². The van der Waals surface area contributed by atoms with Crippen LogP contribution in [0, 0.1) is 0 Å². The van der Waals surface area contributed by atoms with Crippen LogP contribution in [0.2, 0.25) is 10.0 Å². The van der Waals surface area contributed by atoms with Crippen LogP contribution < -0.4 is 5.32 Å². The van der Waals surface area contributed by atoms with Gasteiger partial charge in [-0.1, -0.05) is 29.3 Å². The molecule has 2 saturated heterocycles. The quantitative estimate of drug-likeness (QED) is 0.925. The van der Waals surface area contributed by atoms with Gasteiger partial charge < -0.3 is 5.32 Å². The molecular formula is C14H16Cl2N2O. The topological polar surface area (TPSA) is 32.3 Å². The highest BCUT2D eigenvalue weighted by molar-refractivity contribution is 6.43. The van der Waals surface area contributed by atoms with Crippen LogP contribution in [0.1, 0.15) is 25.7 Å². The Labute approximate surface area is 122 Å². The molecule has 2 fully saturated rings. The molecule has 2 bridgehead atoms. The molecular weight excluding hydrogens is 283 g/mol. The van der Waals surface area contributed by atoms with Crippen molar-refractivity contribution < 1.29 is 4.79 Å². The minimum atomic E-state index is -0.0111. The number of nitrogens with one attached hydrogen (secondary N) is 1. The summed E-state index contributed by atoms with van der Waals surface area (Å²) in [4.78, 5) is 14.4. The predicted octanol–water partition coefficient (Wildman–Crippen LogP) is 3.56. The minimum absolute atomic E-state index is 0.0111. The molecule has 0 aromatic heterocycles. The van der Waals surface area contributed by atoms with E-state index in [1.54, 1.807) is 18.2 Å². The second-order valence-electron chi connectivity index (χ2n) is 5.28. The van der Waals surface area contributed by atoms with Crippen LogP contribution in [-0.4, -0.2) is 29.4 Å². The number of carbonyl (C=O) groups is 1. The fraction of sp³-hybridized carbons (Fsp3) is 0.500. The third-order valence-corrected chi connectivity index (χ3v) is 4.98. The lowest BCUT2D eigenvalue weighted by atomic mass is 10.0. The van der Waals surface area contributed by atoms with E-state index in [-0.39, 0.29) is 5.91 Å². The first-order valence-corrected chi connectivity index (χ1v) is 7.40. The Kier molecular flexibility index (Phi) is 3.70. The van der Waals surface area contributed by atoms with Gasteiger partial charge in [-0.25, -0.2) is 0 Å². The zero-order valence-corrected chi connectivity index (χ0v) is 12.0. The number of amides is 1. The number of halogens is 2. The predicted molar refractivity (Wildman–Crippen MR) is 77.8 cm³/mol. The van der Waals surface area contributed by atoms with Crippen LogP contribution in [0.15, 0.2) is 18.2 Å². The van der Waals surface area contributed by atoms with Crippen LogP contribution in [0.4, 0.5) is 5.69 Å². The van der Waals surface area contributed by atoms with Crippen LogP contribution in [0.25, 0.3) is 0 Å². The SMILES string of the molecule is O=C(CN1C2CCC1CC2)Nc1cccc(Cl)c1Cl. The van der Waals surface area contributed by atoms with E-state index in [4.69, 9.17) is 23.2 Å². The molecule has 5 heteroatoms. The maximum absolute atomic E-state index is 12.1. The lowest BCUT2D eigenvalue weighted by Gasteiger charge is -2.21. The van der Waals surface area contributed by atoms with Gasteiger partial charge in [0, 0.05) is 12.1 Å². The molecule has 102 valence electrons. The number of rotatable bonds is 3. The summed E-state index contributed by atoms with van der Waals surface area (Å²) in [5, 5.41) is 3.71. The highest BCUT2D eigenvalue weighted by Gasteiger charge is 2.39.